The Hall–Kier alpha value is -0.730. The summed E-state index contributed by atoms with van der Waals surface area (Å²) in [6.45, 7) is 4.68. The number of hydrogen-bond acceptors (Lipinski definition) is 1. The van der Waals surface area contributed by atoms with Crippen molar-refractivity contribution >= 4 is 29.1 Å². The van der Waals surface area contributed by atoms with E-state index in [1.807, 2.05) is 26.0 Å². The van der Waals surface area contributed by atoms with Crippen molar-refractivity contribution in [3.05, 3.63) is 33.8 Å². The number of benzene rings is 1. The van der Waals surface area contributed by atoms with Crippen LogP contribution in [0.25, 0.3) is 0 Å². The summed E-state index contributed by atoms with van der Waals surface area (Å²) < 4.78 is 0. The molecule has 1 amide bonds. The molecule has 0 atom stereocenters. The second-order valence-corrected chi connectivity index (χ2v) is 5.26. The molecule has 1 aromatic rings. The molecule has 0 saturated carbocycles. The topological polar surface area (TPSA) is 29.1 Å². The maximum atomic E-state index is 11.4. The zero-order chi connectivity index (χ0) is 12.8. The Morgan fingerprint density at radius 2 is 2.00 bits per heavy atom. The van der Waals surface area contributed by atoms with Gasteiger partial charge in [0.2, 0.25) is 5.91 Å². The zero-order valence-corrected chi connectivity index (χ0v) is 11.6. The molecule has 0 aromatic heterocycles. The number of hydrogen-bond donors (Lipinski definition) is 1. The SMILES string of the molecule is CC(C)CC(=O)NCCc1ccc(Cl)c(Cl)c1. The van der Waals surface area contributed by atoms with E-state index < -0.39 is 0 Å². The molecule has 0 fully saturated rings. The molecular formula is C13H17Cl2NO. The van der Waals surface area contributed by atoms with Gasteiger partial charge in [0.1, 0.15) is 0 Å². The lowest BCUT2D eigenvalue weighted by atomic mass is 10.1. The Labute approximate surface area is 112 Å². The van der Waals surface area contributed by atoms with Crippen LogP contribution >= 0.6 is 23.2 Å². The Balaban J connectivity index is 2.36. The first-order valence-electron chi connectivity index (χ1n) is 5.69. The zero-order valence-electron chi connectivity index (χ0n) is 10.1. The van der Waals surface area contributed by atoms with Gasteiger partial charge in [-0.15, -0.1) is 0 Å². The fourth-order valence-corrected chi connectivity index (χ4v) is 1.81. The molecule has 4 heteroatoms. The van der Waals surface area contributed by atoms with Crippen LogP contribution in [-0.4, -0.2) is 12.5 Å². The highest BCUT2D eigenvalue weighted by Crippen LogP contribution is 2.22. The molecule has 0 radical (unpaired) electrons. The molecule has 1 N–H and O–H groups in total. The number of nitrogens with one attached hydrogen (secondary N) is 1. The molecule has 0 aliphatic rings. The Morgan fingerprint density at radius 3 is 2.59 bits per heavy atom. The van der Waals surface area contributed by atoms with Gasteiger partial charge in [-0.2, -0.15) is 0 Å². The monoisotopic (exact) mass is 273 g/mol. The van der Waals surface area contributed by atoms with Gasteiger partial charge in [0, 0.05) is 13.0 Å². The van der Waals surface area contributed by atoms with Crippen molar-refractivity contribution in [2.24, 2.45) is 5.92 Å². The first-order valence-corrected chi connectivity index (χ1v) is 6.45. The van der Waals surface area contributed by atoms with E-state index in [0.717, 1.165) is 12.0 Å². The van der Waals surface area contributed by atoms with Crippen LogP contribution < -0.4 is 5.32 Å². The molecule has 1 rings (SSSR count). The molecule has 0 aliphatic carbocycles. The maximum absolute atomic E-state index is 11.4. The summed E-state index contributed by atoms with van der Waals surface area (Å²) in [5.74, 6) is 0.486. The number of halogens is 2. The van der Waals surface area contributed by atoms with Crippen molar-refractivity contribution in [2.75, 3.05) is 6.54 Å². The van der Waals surface area contributed by atoms with Gasteiger partial charge in [0.25, 0.3) is 0 Å². The molecule has 94 valence electrons. The summed E-state index contributed by atoms with van der Waals surface area (Å²) in [5, 5.41) is 3.99. The van der Waals surface area contributed by atoms with Crippen LogP contribution in [0.1, 0.15) is 25.8 Å². The smallest absolute Gasteiger partial charge is 0.220 e. The first kappa shape index (κ1) is 14.3. The van der Waals surface area contributed by atoms with Gasteiger partial charge in [0.05, 0.1) is 10.0 Å². The van der Waals surface area contributed by atoms with Crippen molar-refractivity contribution < 1.29 is 4.79 Å². The predicted octanol–water partition coefficient (Wildman–Crippen LogP) is 3.70. The maximum Gasteiger partial charge on any atom is 0.220 e. The van der Waals surface area contributed by atoms with Crippen molar-refractivity contribution in [3.8, 4) is 0 Å². The van der Waals surface area contributed by atoms with Crippen molar-refractivity contribution in [1.82, 2.24) is 5.32 Å². The summed E-state index contributed by atoms with van der Waals surface area (Å²) >= 11 is 11.7. The molecule has 0 aliphatic heterocycles. The normalized spacial score (nSPS) is 10.6. The van der Waals surface area contributed by atoms with E-state index in [-0.39, 0.29) is 5.91 Å². The predicted molar refractivity (Wildman–Crippen MR) is 72.6 cm³/mol. The minimum atomic E-state index is 0.0973. The molecule has 0 heterocycles. The van der Waals surface area contributed by atoms with Gasteiger partial charge in [0.15, 0.2) is 0 Å². The van der Waals surface area contributed by atoms with Gasteiger partial charge in [-0.3, -0.25) is 4.79 Å². The van der Waals surface area contributed by atoms with Crippen molar-refractivity contribution in [2.45, 2.75) is 26.7 Å². The number of carbonyl (C=O) groups is 1. The van der Waals surface area contributed by atoms with Gasteiger partial charge in [-0.05, 0) is 30.0 Å². The Bertz CT molecular complexity index is 391. The second kappa shape index (κ2) is 6.87. The standard InChI is InChI=1S/C13H17Cl2NO/c1-9(2)7-13(17)16-6-5-10-3-4-11(14)12(15)8-10/h3-4,8-9H,5-7H2,1-2H3,(H,16,17). The summed E-state index contributed by atoms with van der Waals surface area (Å²) in [6.07, 6.45) is 1.34. The van der Waals surface area contributed by atoms with Crippen LogP contribution in [0.15, 0.2) is 18.2 Å². The van der Waals surface area contributed by atoms with Gasteiger partial charge in [-0.1, -0.05) is 43.1 Å². The third kappa shape index (κ3) is 5.42. The van der Waals surface area contributed by atoms with E-state index in [0.29, 0.717) is 28.9 Å². The summed E-state index contributed by atoms with van der Waals surface area (Å²) in [6, 6.07) is 5.52. The number of carbonyl (C=O) groups excluding carboxylic acids is 1. The average molecular weight is 274 g/mol. The lowest BCUT2D eigenvalue weighted by Crippen LogP contribution is -2.26. The minimum absolute atomic E-state index is 0.0973. The number of amides is 1. The number of rotatable bonds is 5. The summed E-state index contributed by atoms with van der Waals surface area (Å²) in [4.78, 5) is 11.4. The van der Waals surface area contributed by atoms with E-state index in [4.69, 9.17) is 23.2 Å². The largest absolute Gasteiger partial charge is 0.356 e. The van der Waals surface area contributed by atoms with E-state index in [1.54, 1.807) is 6.07 Å². The summed E-state index contributed by atoms with van der Waals surface area (Å²) in [7, 11) is 0. The van der Waals surface area contributed by atoms with Gasteiger partial charge < -0.3 is 5.32 Å². The molecule has 0 saturated heterocycles. The van der Waals surface area contributed by atoms with Gasteiger partial charge in [-0.25, -0.2) is 0 Å². The molecule has 17 heavy (non-hydrogen) atoms. The van der Waals surface area contributed by atoms with Crippen LogP contribution in [0, 0.1) is 5.92 Å². The van der Waals surface area contributed by atoms with Crippen LogP contribution in [0.4, 0.5) is 0 Å². The highest BCUT2D eigenvalue weighted by Gasteiger charge is 2.04. The summed E-state index contributed by atoms with van der Waals surface area (Å²) in [5.41, 5.74) is 1.07. The fourth-order valence-electron chi connectivity index (χ4n) is 1.48. The van der Waals surface area contributed by atoms with Crippen molar-refractivity contribution in [1.29, 1.82) is 0 Å². The van der Waals surface area contributed by atoms with E-state index >= 15 is 0 Å². The third-order valence-electron chi connectivity index (χ3n) is 2.31. The minimum Gasteiger partial charge on any atom is -0.356 e. The molecule has 0 bridgehead atoms. The van der Waals surface area contributed by atoms with Crippen LogP contribution in [0.2, 0.25) is 10.0 Å². The van der Waals surface area contributed by atoms with Crippen LogP contribution in [0.5, 0.6) is 0 Å². The molecule has 2 nitrogen and oxygen atoms in total. The van der Waals surface area contributed by atoms with Crippen LogP contribution in [0.3, 0.4) is 0 Å². The second-order valence-electron chi connectivity index (χ2n) is 4.45. The average Bonchev–Trinajstić information content (AvgIpc) is 2.22. The van der Waals surface area contributed by atoms with Gasteiger partial charge >= 0.3 is 0 Å². The van der Waals surface area contributed by atoms with Crippen LogP contribution in [-0.2, 0) is 11.2 Å². The molecular weight excluding hydrogens is 257 g/mol. The molecule has 1 aromatic carbocycles. The highest BCUT2D eigenvalue weighted by molar-refractivity contribution is 6.42. The lowest BCUT2D eigenvalue weighted by molar-refractivity contribution is -0.121. The Morgan fingerprint density at radius 1 is 1.29 bits per heavy atom. The van der Waals surface area contributed by atoms with Crippen molar-refractivity contribution in [3.63, 3.8) is 0 Å². The first-order chi connectivity index (χ1) is 7.99. The molecule has 0 unspecified atom stereocenters. The molecule has 0 spiro atoms. The van der Waals surface area contributed by atoms with E-state index in [1.165, 1.54) is 0 Å². The fraction of sp³-hybridized carbons (Fsp3) is 0.462. The van der Waals surface area contributed by atoms with E-state index in [9.17, 15) is 4.79 Å². The lowest BCUT2D eigenvalue weighted by Gasteiger charge is -2.07. The van der Waals surface area contributed by atoms with E-state index in [2.05, 4.69) is 5.32 Å². The highest BCUT2D eigenvalue weighted by atomic mass is 35.5. The quantitative estimate of drug-likeness (QED) is 0.871. The Kier molecular flexibility index (Phi) is 5.79. The third-order valence-corrected chi connectivity index (χ3v) is 3.05.